The van der Waals surface area contributed by atoms with E-state index in [-0.39, 0.29) is 0 Å². The lowest BCUT2D eigenvalue weighted by molar-refractivity contribution is 1.03. The number of nitrogens with two attached hydrogens (primary N) is 1. The summed E-state index contributed by atoms with van der Waals surface area (Å²) in [5, 5.41) is 0. The summed E-state index contributed by atoms with van der Waals surface area (Å²) in [6.45, 7) is 4.55. The van der Waals surface area contributed by atoms with Crippen LogP contribution < -0.4 is 5.73 Å². The van der Waals surface area contributed by atoms with E-state index in [0.717, 1.165) is 25.7 Å². The summed E-state index contributed by atoms with van der Waals surface area (Å²) in [7, 11) is 0. The minimum absolute atomic E-state index is 0.631. The van der Waals surface area contributed by atoms with Gasteiger partial charge in [0.15, 0.2) is 0 Å². The van der Waals surface area contributed by atoms with Gasteiger partial charge in [-0.3, -0.25) is 0 Å². The van der Waals surface area contributed by atoms with E-state index in [1.54, 1.807) is 0 Å². The third-order valence-electron chi connectivity index (χ3n) is 1.44. The van der Waals surface area contributed by atoms with E-state index >= 15 is 0 Å². The van der Waals surface area contributed by atoms with Gasteiger partial charge in [-0.15, -0.1) is 11.3 Å². The predicted molar refractivity (Wildman–Crippen MR) is 59.7 cm³/mol. The largest absolute Gasteiger partial charge is 0.330 e. The van der Waals surface area contributed by atoms with Crippen molar-refractivity contribution in [2.75, 3.05) is 6.54 Å². The first kappa shape index (κ1) is 10.3. The van der Waals surface area contributed by atoms with Crippen molar-refractivity contribution in [3.63, 3.8) is 0 Å². The van der Waals surface area contributed by atoms with Crippen LogP contribution in [-0.2, 0) is 0 Å². The number of halogens is 2. The van der Waals surface area contributed by atoms with Crippen molar-refractivity contribution in [1.29, 1.82) is 0 Å². The summed E-state index contributed by atoms with van der Waals surface area (Å²) < 4.78 is 1.70. The first-order chi connectivity index (χ1) is 5.65. The van der Waals surface area contributed by atoms with E-state index < -0.39 is 0 Å². The molecule has 0 aliphatic rings. The number of hydrogen-bond donors (Lipinski definition) is 1. The van der Waals surface area contributed by atoms with Crippen LogP contribution in [0.15, 0.2) is 17.1 Å². The monoisotopic (exact) mass is 265 g/mol. The van der Waals surface area contributed by atoms with E-state index in [9.17, 15) is 0 Å². The van der Waals surface area contributed by atoms with Crippen LogP contribution in [0.5, 0.6) is 0 Å². The lowest BCUT2D eigenvalue weighted by Gasteiger charge is -1.97. The SMILES string of the molecule is C=C(CCN)c1cc(Br)c(Cl)s1. The van der Waals surface area contributed by atoms with Crippen LogP contribution in [0.1, 0.15) is 11.3 Å². The molecule has 0 aliphatic heterocycles. The standard InChI is InChI=1S/C8H9BrClNS/c1-5(2-3-11)7-4-6(9)8(10)12-7/h4H,1-3,11H2. The lowest BCUT2D eigenvalue weighted by atomic mass is 10.2. The molecule has 0 aliphatic carbocycles. The molecule has 0 aromatic carbocycles. The molecule has 1 heterocycles. The molecule has 0 radical (unpaired) electrons. The van der Waals surface area contributed by atoms with E-state index in [0.29, 0.717) is 6.54 Å². The van der Waals surface area contributed by atoms with Crippen molar-refractivity contribution >= 4 is 44.4 Å². The van der Waals surface area contributed by atoms with Gasteiger partial charge in [0, 0.05) is 9.35 Å². The van der Waals surface area contributed by atoms with Crippen molar-refractivity contribution in [3.05, 3.63) is 26.3 Å². The minimum Gasteiger partial charge on any atom is -0.330 e. The van der Waals surface area contributed by atoms with Gasteiger partial charge in [-0.25, -0.2) is 0 Å². The molecular formula is C8H9BrClNS. The Morgan fingerprint density at radius 2 is 2.42 bits per heavy atom. The van der Waals surface area contributed by atoms with Gasteiger partial charge in [-0.1, -0.05) is 18.2 Å². The van der Waals surface area contributed by atoms with Gasteiger partial charge in [-0.05, 0) is 40.5 Å². The van der Waals surface area contributed by atoms with Crippen LogP contribution in [0.4, 0.5) is 0 Å². The molecule has 4 heteroatoms. The van der Waals surface area contributed by atoms with Crippen molar-refractivity contribution < 1.29 is 0 Å². The van der Waals surface area contributed by atoms with Crippen LogP contribution in [0.25, 0.3) is 5.57 Å². The van der Waals surface area contributed by atoms with Crippen molar-refractivity contribution in [2.24, 2.45) is 5.73 Å². The average Bonchev–Trinajstić information content (AvgIpc) is 2.33. The quantitative estimate of drug-likeness (QED) is 0.890. The summed E-state index contributed by atoms with van der Waals surface area (Å²) in [4.78, 5) is 1.11. The minimum atomic E-state index is 0.631. The molecule has 0 unspecified atom stereocenters. The van der Waals surface area contributed by atoms with E-state index in [2.05, 4.69) is 22.5 Å². The molecule has 2 N–H and O–H groups in total. The summed E-state index contributed by atoms with van der Waals surface area (Å²) in [6.07, 6.45) is 0.823. The molecular weight excluding hydrogens is 258 g/mol. The fourth-order valence-electron chi connectivity index (χ4n) is 0.818. The maximum absolute atomic E-state index is 5.87. The average molecular weight is 267 g/mol. The third kappa shape index (κ3) is 2.33. The zero-order valence-corrected chi connectivity index (χ0v) is 9.60. The lowest BCUT2D eigenvalue weighted by Crippen LogP contribution is -1.98. The molecule has 1 nitrogen and oxygen atoms in total. The maximum Gasteiger partial charge on any atom is 0.108 e. The van der Waals surface area contributed by atoms with Gasteiger partial charge >= 0.3 is 0 Å². The Morgan fingerprint density at radius 3 is 2.83 bits per heavy atom. The number of hydrogen-bond acceptors (Lipinski definition) is 2. The highest BCUT2D eigenvalue weighted by Gasteiger charge is 2.06. The molecule has 0 bridgehead atoms. The van der Waals surface area contributed by atoms with E-state index in [1.807, 2.05) is 6.07 Å². The number of thiophene rings is 1. The Labute approximate surface area is 89.4 Å². The molecule has 12 heavy (non-hydrogen) atoms. The van der Waals surface area contributed by atoms with Crippen LogP contribution in [0.2, 0.25) is 4.34 Å². The molecule has 1 aromatic rings. The van der Waals surface area contributed by atoms with Gasteiger partial charge in [0.1, 0.15) is 4.34 Å². The molecule has 66 valence electrons. The molecule has 0 atom stereocenters. The highest BCUT2D eigenvalue weighted by atomic mass is 79.9. The predicted octanol–water partition coefficient (Wildman–Crippen LogP) is 3.53. The topological polar surface area (TPSA) is 26.0 Å². The fourth-order valence-corrected chi connectivity index (χ4v) is 2.52. The summed E-state index contributed by atoms with van der Waals surface area (Å²) in [6, 6.07) is 1.98. The first-order valence-electron chi connectivity index (χ1n) is 3.48. The molecule has 1 aromatic heterocycles. The van der Waals surface area contributed by atoms with Crippen LogP contribution >= 0.6 is 38.9 Å². The van der Waals surface area contributed by atoms with Gasteiger partial charge in [0.05, 0.1) is 0 Å². The third-order valence-corrected chi connectivity index (χ3v) is 4.02. The Bertz CT molecular complexity index is 276. The second-order valence-corrected chi connectivity index (χ2v) is 4.88. The van der Waals surface area contributed by atoms with Gasteiger partial charge in [0.2, 0.25) is 0 Å². The van der Waals surface area contributed by atoms with Crippen molar-refractivity contribution in [3.8, 4) is 0 Å². The van der Waals surface area contributed by atoms with Gasteiger partial charge < -0.3 is 5.73 Å². The normalized spacial score (nSPS) is 10.2. The Hall–Kier alpha value is 0.170. The summed E-state index contributed by atoms with van der Waals surface area (Å²) >= 11 is 10.7. The smallest absolute Gasteiger partial charge is 0.108 e. The van der Waals surface area contributed by atoms with Gasteiger partial charge in [0.25, 0.3) is 0 Å². The Morgan fingerprint density at radius 1 is 1.75 bits per heavy atom. The second kappa shape index (κ2) is 4.42. The van der Waals surface area contributed by atoms with Crippen LogP contribution in [0.3, 0.4) is 0 Å². The van der Waals surface area contributed by atoms with Crippen molar-refractivity contribution in [1.82, 2.24) is 0 Å². The summed E-state index contributed by atoms with van der Waals surface area (Å²) in [5.74, 6) is 0. The second-order valence-electron chi connectivity index (χ2n) is 2.37. The van der Waals surface area contributed by atoms with Crippen LogP contribution in [-0.4, -0.2) is 6.54 Å². The molecule has 0 fully saturated rings. The van der Waals surface area contributed by atoms with Crippen molar-refractivity contribution in [2.45, 2.75) is 6.42 Å². The fraction of sp³-hybridized carbons (Fsp3) is 0.250. The molecule has 0 saturated heterocycles. The molecule has 0 saturated carbocycles. The maximum atomic E-state index is 5.87. The molecule has 0 amide bonds. The highest BCUT2D eigenvalue weighted by Crippen LogP contribution is 2.35. The van der Waals surface area contributed by atoms with Crippen LogP contribution in [0, 0.1) is 0 Å². The number of rotatable bonds is 3. The zero-order chi connectivity index (χ0) is 9.14. The highest BCUT2D eigenvalue weighted by molar-refractivity contribution is 9.10. The summed E-state index contributed by atoms with van der Waals surface area (Å²) in [5.41, 5.74) is 6.46. The molecule has 1 rings (SSSR count). The Balaban J connectivity index is 2.82. The molecule has 0 spiro atoms. The van der Waals surface area contributed by atoms with Gasteiger partial charge in [-0.2, -0.15) is 0 Å². The van der Waals surface area contributed by atoms with E-state index in [1.165, 1.54) is 11.3 Å². The zero-order valence-electron chi connectivity index (χ0n) is 6.44. The van der Waals surface area contributed by atoms with E-state index in [4.69, 9.17) is 17.3 Å². The Kier molecular flexibility index (Phi) is 3.77. The first-order valence-corrected chi connectivity index (χ1v) is 5.47.